The highest BCUT2D eigenvalue weighted by molar-refractivity contribution is 6.02. The number of benzene rings is 3. The SMILES string of the molecule is O=C(Nc1cc(-c2ccccc2CO)cc(C(F)(F)F)c1)C1(c2ccc3c(c2)OCO3)CC1. The van der Waals surface area contributed by atoms with Crippen LogP contribution in [0.3, 0.4) is 0 Å². The summed E-state index contributed by atoms with van der Waals surface area (Å²) in [4.78, 5) is 13.2. The molecule has 0 bridgehead atoms. The Kier molecular flexibility index (Phi) is 5.05. The molecule has 1 aliphatic carbocycles. The van der Waals surface area contributed by atoms with Crippen molar-refractivity contribution in [1.29, 1.82) is 0 Å². The van der Waals surface area contributed by atoms with Gasteiger partial charge in [0, 0.05) is 5.69 Å². The van der Waals surface area contributed by atoms with Crippen LogP contribution >= 0.6 is 0 Å². The molecule has 33 heavy (non-hydrogen) atoms. The van der Waals surface area contributed by atoms with E-state index in [1.165, 1.54) is 6.07 Å². The molecular weight excluding hydrogens is 435 g/mol. The maximum absolute atomic E-state index is 13.6. The fourth-order valence-electron chi connectivity index (χ4n) is 4.18. The van der Waals surface area contributed by atoms with Crippen LogP contribution in [0, 0.1) is 0 Å². The number of rotatable bonds is 5. The minimum absolute atomic E-state index is 0.0459. The number of hydrogen-bond donors (Lipinski definition) is 2. The van der Waals surface area contributed by atoms with E-state index in [0.29, 0.717) is 35.5 Å². The van der Waals surface area contributed by atoms with Crippen LogP contribution in [0.1, 0.15) is 29.5 Å². The van der Waals surface area contributed by atoms with Crippen LogP contribution < -0.4 is 14.8 Å². The van der Waals surface area contributed by atoms with Gasteiger partial charge in [-0.15, -0.1) is 0 Å². The molecule has 170 valence electrons. The van der Waals surface area contributed by atoms with Crippen molar-refractivity contribution < 1.29 is 32.5 Å². The van der Waals surface area contributed by atoms with Gasteiger partial charge in [-0.3, -0.25) is 4.79 Å². The standard InChI is InChI=1S/C25H20F3NO4/c26-25(27,28)18-9-16(20-4-2-1-3-15(20)13-30)10-19(11-18)29-23(31)24(7-8-24)17-5-6-21-22(12-17)33-14-32-21/h1-6,9-12,30H,7-8,13-14H2,(H,29,31). The third kappa shape index (κ3) is 3.91. The van der Waals surface area contributed by atoms with Crippen LogP contribution in [-0.2, 0) is 23.0 Å². The predicted octanol–water partition coefficient (Wildman–Crippen LogP) is 5.26. The number of amides is 1. The maximum atomic E-state index is 13.6. The number of anilines is 1. The summed E-state index contributed by atoms with van der Waals surface area (Å²) in [7, 11) is 0. The Bertz CT molecular complexity index is 1230. The van der Waals surface area contributed by atoms with E-state index in [0.717, 1.165) is 17.7 Å². The molecule has 5 rings (SSSR count). The van der Waals surface area contributed by atoms with E-state index in [4.69, 9.17) is 9.47 Å². The molecule has 2 aliphatic rings. The number of aliphatic hydroxyl groups is 1. The highest BCUT2D eigenvalue weighted by Crippen LogP contribution is 2.51. The second-order valence-electron chi connectivity index (χ2n) is 8.22. The molecule has 0 aromatic heterocycles. The summed E-state index contributed by atoms with van der Waals surface area (Å²) in [5.74, 6) is 0.774. The first-order valence-corrected chi connectivity index (χ1v) is 10.4. The quantitative estimate of drug-likeness (QED) is 0.551. The number of ether oxygens (including phenoxy) is 2. The van der Waals surface area contributed by atoms with Gasteiger partial charge in [0.2, 0.25) is 12.7 Å². The first-order valence-electron chi connectivity index (χ1n) is 10.4. The van der Waals surface area contributed by atoms with Gasteiger partial charge in [-0.1, -0.05) is 30.3 Å². The molecule has 1 fully saturated rings. The number of alkyl halides is 3. The molecule has 1 aliphatic heterocycles. The van der Waals surface area contributed by atoms with Crippen molar-refractivity contribution in [2.75, 3.05) is 12.1 Å². The van der Waals surface area contributed by atoms with Gasteiger partial charge in [-0.2, -0.15) is 13.2 Å². The molecule has 1 saturated carbocycles. The normalized spacial score (nSPS) is 15.9. The summed E-state index contributed by atoms with van der Waals surface area (Å²) in [6.07, 6.45) is -3.44. The molecule has 0 atom stereocenters. The minimum Gasteiger partial charge on any atom is -0.454 e. The first kappa shape index (κ1) is 21.3. The zero-order valence-corrected chi connectivity index (χ0v) is 17.4. The third-order valence-electron chi connectivity index (χ3n) is 6.13. The van der Waals surface area contributed by atoms with E-state index in [2.05, 4.69) is 5.32 Å². The van der Waals surface area contributed by atoms with Gasteiger partial charge < -0.3 is 19.9 Å². The molecule has 0 spiro atoms. The van der Waals surface area contributed by atoms with Gasteiger partial charge in [0.15, 0.2) is 11.5 Å². The molecule has 0 unspecified atom stereocenters. The number of halogens is 3. The number of carbonyl (C=O) groups excluding carboxylic acids is 1. The van der Waals surface area contributed by atoms with E-state index < -0.39 is 17.2 Å². The van der Waals surface area contributed by atoms with Gasteiger partial charge in [-0.05, 0) is 65.4 Å². The number of hydrogen-bond acceptors (Lipinski definition) is 4. The van der Waals surface area contributed by atoms with Crippen LogP contribution in [0.4, 0.5) is 18.9 Å². The van der Waals surface area contributed by atoms with Crippen molar-refractivity contribution >= 4 is 11.6 Å². The molecule has 1 amide bonds. The van der Waals surface area contributed by atoms with Crippen LogP contribution in [0.2, 0.25) is 0 Å². The summed E-state index contributed by atoms with van der Waals surface area (Å²) in [6, 6.07) is 15.4. The zero-order chi connectivity index (χ0) is 23.2. The van der Waals surface area contributed by atoms with Crippen molar-refractivity contribution in [3.05, 3.63) is 77.4 Å². The molecule has 2 N–H and O–H groups in total. The van der Waals surface area contributed by atoms with E-state index in [-0.39, 0.29) is 30.6 Å². The zero-order valence-electron chi connectivity index (χ0n) is 17.4. The average molecular weight is 455 g/mol. The Hall–Kier alpha value is -3.52. The first-order chi connectivity index (χ1) is 15.8. The molecule has 3 aromatic rings. The second kappa shape index (κ2) is 7.81. The largest absolute Gasteiger partial charge is 0.454 e. The summed E-state index contributed by atoms with van der Waals surface area (Å²) in [5.41, 5.74) is 0.310. The fourth-order valence-corrected chi connectivity index (χ4v) is 4.18. The summed E-state index contributed by atoms with van der Waals surface area (Å²) in [5, 5.41) is 12.3. The van der Waals surface area contributed by atoms with Crippen molar-refractivity contribution in [3.8, 4) is 22.6 Å². The lowest BCUT2D eigenvalue weighted by atomic mass is 9.93. The topological polar surface area (TPSA) is 67.8 Å². The lowest BCUT2D eigenvalue weighted by molar-refractivity contribution is -0.137. The van der Waals surface area contributed by atoms with E-state index >= 15 is 0 Å². The van der Waals surface area contributed by atoms with Crippen LogP contribution in [0.15, 0.2) is 60.7 Å². The monoisotopic (exact) mass is 455 g/mol. The van der Waals surface area contributed by atoms with Gasteiger partial charge in [0.25, 0.3) is 0 Å². The number of nitrogens with one attached hydrogen (secondary N) is 1. The highest BCUT2D eigenvalue weighted by atomic mass is 19.4. The van der Waals surface area contributed by atoms with E-state index in [1.807, 2.05) is 0 Å². The van der Waals surface area contributed by atoms with Gasteiger partial charge in [0.1, 0.15) is 0 Å². The van der Waals surface area contributed by atoms with Gasteiger partial charge in [-0.25, -0.2) is 0 Å². The summed E-state index contributed by atoms with van der Waals surface area (Å²) >= 11 is 0. The Labute approximate surface area is 187 Å². The molecule has 0 saturated heterocycles. The maximum Gasteiger partial charge on any atom is 0.416 e. The van der Waals surface area contributed by atoms with Gasteiger partial charge in [0.05, 0.1) is 17.6 Å². The Morgan fingerprint density at radius 3 is 2.48 bits per heavy atom. The minimum atomic E-state index is -4.60. The van der Waals surface area contributed by atoms with Crippen LogP contribution in [0.25, 0.3) is 11.1 Å². The molecule has 8 heteroatoms. The number of aliphatic hydroxyl groups excluding tert-OH is 1. The van der Waals surface area contributed by atoms with E-state index in [9.17, 15) is 23.1 Å². The van der Waals surface area contributed by atoms with Crippen molar-refractivity contribution in [3.63, 3.8) is 0 Å². The molecule has 5 nitrogen and oxygen atoms in total. The third-order valence-corrected chi connectivity index (χ3v) is 6.13. The lowest BCUT2D eigenvalue weighted by Crippen LogP contribution is -2.28. The Balaban J connectivity index is 1.49. The molecule has 3 aromatic carbocycles. The smallest absolute Gasteiger partial charge is 0.416 e. The fraction of sp³-hybridized carbons (Fsp3) is 0.240. The van der Waals surface area contributed by atoms with Crippen LogP contribution in [-0.4, -0.2) is 17.8 Å². The Morgan fingerprint density at radius 2 is 1.76 bits per heavy atom. The van der Waals surface area contributed by atoms with Crippen molar-refractivity contribution in [2.45, 2.75) is 31.0 Å². The highest BCUT2D eigenvalue weighted by Gasteiger charge is 2.51. The van der Waals surface area contributed by atoms with Crippen molar-refractivity contribution in [1.82, 2.24) is 0 Å². The summed E-state index contributed by atoms with van der Waals surface area (Å²) < 4.78 is 51.6. The lowest BCUT2D eigenvalue weighted by Gasteiger charge is -2.19. The van der Waals surface area contributed by atoms with Crippen molar-refractivity contribution in [2.24, 2.45) is 0 Å². The predicted molar refractivity (Wildman–Crippen MR) is 115 cm³/mol. The average Bonchev–Trinajstić information content (AvgIpc) is 3.49. The van der Waals surface area contributed by atoms with Crippen LogP contribution in [0.5, 0.6) is 11.5 Å². The van der Waals surface area contributed by atoms with Gasteiger partial charge >= 0.3 is 6.18 Å². The van der Waals surface area contributed by atoms with E-state index in [1.54, 1.807) is 42.5 Å². The second-order valence-corrected chi connectivity index (χ2v) is 8.22. The molecule has 0 radical (unpaired) electrons. The molecule has 1 heterocycles. The molecular formula is C25H20F3NO4. The number of fused-ring (bicyclic) bond motifs is 1. The summed E-state index contributed by atoms with van der Waals surface area (Å²) in [6.45, 7) is -0.207. The number of carbonyl (C=O) groups is 1. The Morgan fingerprint density at radius 1 is 1.00 bits per heavy atom.